The molecule has 0 saturated carbocycles. The van der Waals surface area contributed by atoms with E-state index in [4.69, 9.17) is 9.47 Å². The fourth-order valence-corrected chi connectivity index (χ4v) is 3.74. The van der Waals surface area contributed by atoms with E-state index in [2.05, 4.69) is 34.3 Å². The van der Waals surface area contributed by atoms with Gasteiger partial charge in [-0.25, -0.2) is 9.97 Å². The standard InChI is InChI=1S/C19H22N4O2S/c1-11-13(3)26-19-17(11)18(20-10-21-19)23-22-12(2)14-6-7-16(25-5)15(8-14)9-24-4/h6-8,10H,9H2,1-5H3,(H,20,21,23)/b22-12-. The summed E-state index contributed by atoms with van der Waals surface area (Å²) in [6, 6.07) is 5.93. The predicted octanol–water partition coefficient (Wildman–Crippen LogP) is 4.30. The van der Waals surface area contributed by atoms with Gasteiger partial charge in [0.1, 0.15) is 16.9 Å². The highest BCUT2D eigenvalue weighted by atomic mass is 32.1. The van der Waals surface area contributed by atoms with E-state index in [1.807, 2.05) is 25.1 Å². The van der Waals surface area contributed by atoms with Crippen LogP contribution in [0.5, 0.6) is 5.75 Å². The fraction of sp³-hybridized carbons (Fsp3) is 0.316. The summed E-state index contributed by atoms with van der Waals surface area (Å²) in [7, 11) is 3.32. The van der Waals surface area contributed by atoms with Crippen LogP contribution in [0.25, 0.3) is 10.2 Å². The first-order chi connectivity index (χ1) is 12.5. The van der Waals surface area contributed by atoms with Gasteiger partial charge in [0.2, 0.25) is 0 Å². The lowest BCUT2D eigenvalue weighted by Crippen LogP contribution is -2.03. The lowest BCUT2D eigenvalue weighted by molar-refractivity contribution is 0.181. The Kier molecular flexibility index (Phi) is 5.49. The van der Waals surface area contributed by atoms with Crippen LogP contribution < -0.4 is 10.2 Å². The van der Waals surface area contributed by atoms with Crippen LogP contribution in [0.3, 0.4) is 0 Å². The highest BCUT2D eigenvalue weighted by Gasteiger charge is 2.12. The number of aryl methyl sites for hydroxylation is 2. The van der Waals surface area contributed by atoms with Crippen LogP contribution in [0.1, 0.15) is 28.5 Å². The molecule has 2 heterocycles. The molecule has 1 aromatic carbocycles. The summed E-state index contributed by atoms with van der Waals surface area (Å²) in [4.78, 5) is 10.9. The minimum absolute atomic E-state index is 0.484. The average Bonchev–Trinajstić information content (AvgIpc) is 2.94. The minimum Gasteiger partial charge on any atom is -0.496 e. The molecule has 136 valence electrons. The zero-order chi connectivity index (χ0) is 18.7. The normalized spacial score (nSPS) is 11.8. The molecule has 2 aromatic heterocycles. The number of nitrogens with one attached hydrogen (secondary N) is 1. The molecule has 26 heavy (non-hydrogen) atoms. The van der Waals surface area contributed by atoms with Gasteiger partial charge >= 0.3 is 0 Å². The van der Waals surface area contributed by atoms with Crippen LogP contribution in [0.2, 0.25) is 0 Å². The number of fused-ring (bicyclic) bond motifs is 1. The Morgan fingerprint density at radius 1 is 1.23 bits per heavy atom. The zero-order valence-electron chi connectivity index (χ0n) is 15.6. The molecule has 3 aromatic rings. The number of nitrogens with zero attached hydrogens (tertiary/aromatic N) is 3. The predicted molar refractivity (Wildman–Crippen MR) is 106 cm³/mol. The lowest BCUT2D eigenvalue weighted by Gasteiger charge is -2.10. The summed E-state index contributed by atoms with van der Waals surface area (Å²) in [5, 5.41) is 5.55. The molecule has 7 heteroatoms. The Morgan fingerprint density at radius 3 is 2.77 bits per heavy atom. The van der Waals surface area contributed by atoms with E-state index in [-0.39, 0.29) is 0 Å². The summed E-state index contributed by atoms with van der Waals surface area (Å²) in [5.74, 6) is 1.53. The second-order valence-corrected chi connectivity index (χ2v) is 7.16. The van der Waals surface area contributed by atoms with E-state index in [1.54, 1.807) is 31.9 Å². The van der Waals surface area contributed by atoms with E-state index in [0.29, 0.717) is 6.61 Å². The van der Waals surface area contributed by atoms with Gasteiger partial charge in [-0.3, -0.25) is 5.43 Å². The zero-order valence-corrected chi connectivity index (χ0v) is 16.4. The van der Waals surface area contributed by atoms with Crippen LogP contribution in [-0.2, 0) is 11.3 Å². The maximum atomic E-state index is 5.37. The van der Waals surface area contributed by atoms with Gasteiger partial charge in [-0.2, -0.15) is 5.10 Å². The summed E-state index contributed by atoms with van der Waals surface area (Å²) in [6.07, 6.45) is 1.56. The molecule has 0 fully saturated rings. The van der Waals surface area contributed by atoms with E-state index < -0.39 is 0 Å². The third-order valence-corrected chi connectivity index (χ3v) is 5.41. The number of anilines is 1. The number of benzene rings is 1. The molecule has 0 aliphatic rings. The van der Waals surface area contributed by atoms with Crippen molar-refractivity contribution in [2.45, 2.75) is 27.4 Å². The first kappa shape index (κ1) is 18.3. The van der Waals surface area contributed by atoms with E-state index in [9.17, 15) is 0 Å². The Morgan fingerprint density at radius 2 is 2.04 bits per heavy atom. The second kappa shape index (κ2) is 7.80. The van der Waals surface area contributed by atoms with Crippen LogP contribution in [0, 0.1) is 13.8 Å². The Labute approximate surface area is 156 Å². The lowest BCUT2D eigenvalue weighted by atomic mass is 10.1. The summed E-state index contributed by atoms with van der Waals surface area (Å²) < 4.78 is 10.6. The summed E-state index contributed by atoms with van der Waals surface area (Å²) in [5.41, 5.74) is 7.11. The van der Waals surface area contributed by atoms with Crippen molar-refractivity contribution >= 4 is 33.1 Å². The largest absolute Gasteiger partial charge is 0.496 e. The third kappa shape index (κ3) is 3.54. The molecule has 0 atom stereocenters. The van der Waals surface area contributed by atoms with Gasteiger partial charge in [-0.1, -0.05) is 0 Å². The molecule has 3 rings (SSSR count). The molecule has 0 saturated heterocycles. The van der Waals surface area contributed by atoms with Crippen LogP contribution in [0.4, 0.5) is 5.82 Å². The van der Waals surface area contributed by atoms with Crippen molar-refractivity contribution in [3.05, 3.63) is 46.1 Å². The first-order valence-corrected chi connectivity index (χ1v) is 9.04. The van der Waals surface area contributed by atoms with Gasteiger partial charge in [0.25, 0.3) is 0 Å². The molecule has 0 spiro atoms. The molecule has 0 unspecified atom stereocenters. The van der Waals surface area contributed by atoms with Gasteiger partial charge < -0.3 is 9.47 Å². The number of ether oxygens (including phenoxy) is 2. The van der Waals surface area contributed by atoms with Crippen LogP contribution in [0.15, 0.2) is 29.6 Å². The molecular formula is C19H22N4O2S. The quantitative estimate of drug-likeness (QED) is 0.517. The van der Waals surface area contributed by atoms with Gasteiger partial charge in [0.15, 0.2) is 5.82 Å². The summed E-state index contributed by atoms with van der Waals surface area (Å²) in [6.45, 7) is 6.61. The van der Waals surface area contributed by atoms with Crippen molar-refractivity contribution in [3.8, 4) is 5.75 Å². The maximum Gasteiger partial charge on any atom is 0.158 e. The van der Waals surface area contributed by atoms with Gasteiger partial charge in [0.05, 0.1) is 24.8 Å². The first-order valence-electron chi connectivity index (χ1n) is 8.22. The molecule has 1 N–H and O–H groups in total. The topological polar surface area (TPSA) is 68.6 Å². The van der Waals surface area contributed by atoms with Gasteiger partial charge in [-0.05, 0) is 50.1 Å². The van der Waals surface area contributed by atoms with Crippen molar-refractivity contribution in [3.63, 3.8) is 0 Å². The SMILES string of the molecule is COCc1cc(/C(C)=N\Nc2ncnc3sc(C)c(C)c23)ccc1OC. The number of hydrogen-bond acceptors (Lipinski definition) is 7. The second-order valence-electron chi connectivity index (χ2n) is 5.95. The number of methoxy groups -OCH3 is 2. The molecule has 0 amide bonds. The smallest absolute Gasteiger partial charge is 0.158 e. The van der Waals surface area contributed by atoms with Crippen molar-refractivity contribution < 1.29 is 9.47 Å². The maximum absolute atomic E-state index is 5.37. The molecule has 0 aliphatic heterocycles. The Balaban J connectivity index is 1.91. The third-order valence-electron chi connectivity index (χ3n) is 4.29. The van der Waals surface area contributed by atoms with Crippen molar-refractivity contribution in [2.24, 2.45) is 5.10 Å². The highest BCUT2D eigenvalue weighted by Crippen LogP contribution is 2.32. The number of hydrazone groups is 1. The number of hydrogen-bond donors (Lipinski definition) is 1. The van der Waals surface area contributed by atoms with Gasteiger partial charge in [0, 0.05) is 17.6 Å². The monoisotopic (exact) mass is 370 g/mol. The molecule has 0 aliphatic carbocycles. The van der Waals surface area contributed by atoms with E-state index >= 15 is 0 Å². The molecule has 6 nitrogen and oxygen atoms in total. The molecule has 0 radical (unpaired) electrons. The highest BCUT2D eigenvalue weighted by molar-refractivity contribution is 7.18. The average molecular weight is 370 g/mol. The van der Waals surface area contributed by atoms with E-state index in [1.165, 1.54) is 10.4 Å². The van der Waals surface area contributed by atoms with E-state index in [0.717, 1.165) is 38.6 Å². The van der Waals surface area contributed by atoms with Crippen molar-refractivity contribution in [1.29, 1.82) is 0 Å². The number of rotatable bonds is 6. The fourth-order valence-electron chi connectivity index (χ4n) is 2.74. The number of aromatic nitrogens is 2. The Bertz CT molecular complexity index is 966. The van der Waals surface area contributed by atoms with Gasteiger partial charge in [-0.15, -0.1) is 11.3 Å². The van der Waals surface area contributed by atoms with Crippen LogP contribution >= 0.6 is 11.3 Å². The van der Waals surface area contributed by atoms with Crippen molar-refractivity contribution in [1.82, 2.24) is 9.97 Å². The van der Waals surface area contributed by atoms with Crippen molar-refractivity contribution in [2.75, 3.05) is 19.6 Å². The molecule has 0 bridgehead atoms. The molecular weight excluding hydrogens is 348 g/mol. The van der Waals surface area contributed by atoms with Crippen LogP contribution in [-0.4, -0.2) is 29.9 Å². The number of thiophene rings is 1. The Hall–Kier alpha value is -2.51. The minimum atomic E-state index is 0.484. The summed E-state index contributed by atoms with van der Waals surface area (Å²) >= 11 is 1.67.